The minimum Gasteiger partial charge on any atom is -0.350 e. The first-order valence-electron chi connectivity index (χ1n) is 7.58. The molecule has 0 aliphatic heterocycles. The summed E-state index contributed by atoms with van der Waals surface area (Å²) in [5.74, 6) is -0.342. The van der Waals surface area contributed by atoms with Gasteiger partial charge in [0.15, 0.2) is 0 Å². The molecule has 0 aliphatic carbocycles. The van der Waals surface area contributed by atoms with Gasteiger partial charge >= 0.3 is 0 Å². The van der Waals surface area contributed by atoms with Gasteiger partial charge < -0.3 is 10.6 Å². The van der Waals surface area contributed by atoms with Crippen molar-refractivity contribution >= 4 is 40.7 Å². The zero-order chi connectivity index (χ0) is 18.5. The van der Waals surface area contributed by atoms with E-state index >= 15 is 0 Å². The molecule has 0 fully saturated rings. The van der Waals surface area contributed by atoms with Crippen LogP contribution in [0.3, 0.4) is 0 Å². The second-order valence-corrected chi connectivity index (χ2v) is 6.12. The van der Waals surface area contributed by atoms with Gasteiger partial charge in [-0.25, -0.2) is 14.4 Å². The monoisotopic (exact) mass is 390 g/mol. The molecule has 1 aromatic heterocycles. The van der Waals surface area contributed by atoms with Crippen LogP contribution in [0.4, 0.5) is 16.0 Å². The predicted molar refractivity (Wildman–Crippen MR) is 100 cm³/mol. The van der Waals surface area contributed by atoms with E-state index in [1.54, 1.807) is 30.3 Å². The molecule has 0 atom stereocenters. The highest BCUT2D eigenvalue weighted by atomic mass is 35.5. The number of benzene rings is 2. The van der Waals surface area contributed by atoms with E-state index in [4.69, 9.17) is 23.2 Å². The maximum Gasteiger partial charge on any atom is 0.258 e. The predicted octanol–water partition coefficient (Wildman–Crippen LogP) is 4.79. The number of nitrogens with one attached hydrogen (secondary N) is 2. The fraction of sp³-hybridized carbons (Fsp3) is 0.0556. The number of rotatable bonds is 5. The summed E-state index contributed by atoms with van der Waals surface area (Å²) in [6.07, 6.45) is 2.79. The molecule has 2 aromatic carbocycles. The third kappa shape index (κ3) is 4.47. The van der Waals surface area contributed by atoms with Crippen molar-refractivity contribution in [2.45, 2.75) is 6.54 Å². The number of carbonyl (C=O) groups excluding carboxylic acids is 1. The molecule has 3 rings (SSSR count). The molecule has 3 aromatic rings. The summed E-state index contributed by atoms with van der Waals surface area (Å²) in [5.41, 5.74) is 1.56. The van der Waals surface area contributed by atoms with E-state index in [9.17, 15) is 9.18 Å². The molecule has 1 amide bonds. The van der Waals surface area contributed by atoms with Crippen LogP contribution in [-0.4, -0.2) is 15.9 Å². The maximum absolute atomic E-state index is 12.9. The lowest BCUT2D eigenvalue weighted by atomic mass is 10.2. The molecule has 132 valence electrons. The molecule has 2 N–H and O–H groups in total. The molecular formula is C18H13Cl2FN4O. The van der Waals surface area contributed by atoms with Crippen molar-refractivity contribution in [3.8, 4) is 0 Å². The first-order chi connectivity index (χ1) is 12.5. The van der Waals surface area contributed by atoms with Gasteiger partial charge in [0.1, 0.15) is 5.82 Å². The van der Waals surface area contributed by atoms with E-state index < -0.39 is 5.91 Å². The quantitative estimate of drug-likeness (QED) is 0.657. The lowest BCUT2D eigenvalue weighted by molar-refractivity contribution is 0.102. The summed E-state index contributed by atoms with van der Waals surface area (Å²) < 4.78 is 12.9. The summed E-state index contributed by atoms with van der Waals surface area (Å²) in [4.78, 5) is 20.4. The van der Waals surface area contributed by atoms with Crippen molar-refractivity contribution in [1.29, 1.82) is 0 Å². The van der Waals surface area contributed by atoms with Crippen LogP contribution >= 0.6 is 23.2 Å². The van der Waals surface area contributed by atoms with Gasteiger partial charge in [-0.05, 0) is 29.8 Å². The molecule has 8 heteroatoms. The Hall–Kier alpha value is -2.70. The van der Waals surface area contributed by atoms with E-state index in [0.29, 0.717) is 23.2 Å². The zero-order valence-electron chi connectivity index (χ0n) is 13.3. The Morgan fingerprint density at radius 2 is 1.73 bits per heavy atom. The fourth-order valence-corrected chi connectivity index (χ4v) is 2.46. The summed E-state index contributed by atoms with van der Waals surface area (Å²) in [7, 11) is 0. The Kier molecular flexibility index (Phi) is 5.65. The van der Waals surface area contributed by atoms with Crippen LogP contribution in [0.5, 0.6) is 0 Å². The number of hydrogen-bond acceptors (Lipinski definition) is 4. The van der Waals surface area contributed by atoms with Crippen molar-refractivity contribution in [3.63, 3.8) is 0 Å². The molecule has 5 nitrogen and oxygen atoms in total. The Morgan fingerprint density at radius 1 is 1.04 bits per heavy atom. The Bertz CT molecular complexity index is 917. The van der Waals surface area contributed by atoms with Crippen LogP contribution in [0.1, 0.15) is 15.9 Å². The fourth-order valence-electron chi connectivity index (χ4n) is 2.11. The number of carbonyl (C=O) groups is 1. The lowest BCUT2D eigenvalue weighted by Crippen LogP contribution is -2.13. The minimum atomic E-state index is -0.403. The first kappa shape index (κ1) is 18.1. The molecule has 0 bridgehead atoms. The number of nitrogens with zero attached hydrogens (tertiary/aromatic N) is 2. The van der Waals surface area contributed by atoms with Crippen molar-refractivity contribution in [2.75, 3.05) is 10.6 Å². The van der Waals surface area contributed by atoms with Crippen molar-refractivity contribution < 1.29 is 9.18 Å². The van der Waals surface area contributed by atoms with Gasteiger partial charge in [0.25, 0.3) is 5.91 Å². The largest absolute Gasteiger partial charge is 0.350 e. The molecule has 0 radical (unpaired) electrons. The van der Waals surface area contributed by atoms with E-state index in [1.807, 2.05) is 0 Å². The molecule has 26 heavy (non-hydrogen) atoms. The van der Waals surface area contributed by atoms with Crippen molar-refractivity contribution in [3.05, 3.63) is 81.8 Å². The number of halogens is 3. The smallest absolute Gasteiger partial charge is 0.258 e. The molecule has 0 saturated carbocycles. The van der Waals surface area contributed by atoms with E-state index in [0.717, 1.165) is 5.56 Å². The number of anilines is 2. The third-order valence-electron chi connectivity index (χ3n) is 3.48. The van der Waals surface area contributed by atoms with Crippen molar-refractivity contribution in [2.24, 2.45) is 0 Å². The molecule has 0 unspecified atom stereocenters. The van der Waals surface area contributed by atoms with Crippen molar-refractivity contribution in [1.82, 2.24) is 9.97 Å². The van der Waals surface area contributed by atoms with E-state index in [-0.39, 0.29) is 16.4 Å². The molecule has 0 aliphatic rings. The zero-order valence-corrected chi connectivity index (χ0v) is 14.9. The van der Waals surface area contributed by atoms with Crippen LogP contribution in [0.15, 0.2) is 54.9 Å². The van der Waals surface area contributed by atoms with Crippen LogP contribution < -0.4 is 10.6 Å². The third-order valence-corrected chi connectivity index (χ3v) is 4.30. The highest BCUT2D eigenvalue weighted by Gasteiger charge is 2.11. The van der Waals surface area contributed by atoms with Gasteiger partial charge in [-0.1, -0.05) is 41.4 Å². The lowest BCUT2D eigenvalue weighted by Gasteiger charge is -2.08. The number of amides is 1. The number of aromatic nitrogens is 2. The Balaban J connectivity index is 1.62. The van der Waals surface area contributed by atoms with Crippen LogP contribution in [-0.2, 0) is 6.54 Å². The van der Waals surface area contributed by atoms with Crippen LogP contribution in [0.25, 0.3) is 0 Å². The van der Waals surface area contributed by atoms with Gasteiger partial charge in [0.05, 0.1) is 21.3 Å². The first-order valence-corrected chi connectivity index (χ1v) is 8.34. The second-order valence-electron chi connectivity index (χ2n) is 5.33. The SMILES string of the molecule is O=C(Nc1cccc(Cl)c1Cl)c1cnc(NCc2ccc(F)cc2)nc1. The topological polar surface area (TPSA) is 66.9 Å². The summed E-state index contributed by atoms with van der Waals surface area (Å²) in [6.45, 7) is 0.434. The Labute approximate surface area is 159 Å². The molecule has 0 spiro atoms. The summed E-state index contributed by atoms with van der Waals surface area (Å²) >= 11 is 12.0. The van der Waals surface area contributed by atoms with Gasteiger partial charge in [-0.2, -0.15) is 0 Å². The summed E-state index contributed by atoms with van der Waals surface area (Å²) in [5, 5.41) is 6.27. The van der Waals surface area contributed by atoms with Crippen LogP contribution in [0, 0.1) is 5.82 Å². The second kappa shape index (κ2) is 8.12. The maximum atomic E-state index is 12.9. The highest BCUT2D eigenvalue weighted by molar-refractivity contribution is 6.44. The average molecular weight is 391 g/mol. The van der Waals surface area contributed by atoms with E-state index in [1.165, 1.54) is 24.5 Å². The van der Waals surface area contributed by atoms with Gasteiger partial charge in [-0.3, -0.25) is 4.79 Å². The van der Waals surface area contributed by atoms with Crippen LogP contribution in [0.2, 0.25) is 10.0 Å². The molecule has 0 saturated heterocycles. The highest BCUT2D eigenvalue weighted by Crippen LogP contribution is 2.29. The number of hydrogen-bond donors (Lipinski definition) is 2. The standard InChI is InChI=1S/C18H13Cl2FN4O/c19-14-2-1-3-15(16(14)20)25-17(26)12-9-23-18(24-10-12)22-8-11-4-6-13(21)7-5-11/h1-7,9-10H,8H2,(H,25,26)(H,22,23,24). The average Bonchev–Trinajstić information content (AvgIpc) is 2.65. The van der Waals surface area contributed by atoms with E-state index in [2.05, 4.69) is 20.6 Å². The van der Waals surface area contributed by atoms with Gasteiger partial charge in [0.2, 0.25) is 5.95 Å². The molecule has 1 heterocycles. The van der Waals surface area contributed by atoms with Gasteiger partial charge in [0, 0.05) is 18.9 Å². The normalized spacial score (nSPS) is 10.4. The molecular weight excluding hydrogens is 378 g/mol. The Morgan fingerprint density at radius 3 is 2.42 bits per heavy atom. The van der Waals surface area contributed by atoms with Gasteiger partial charge in [-0.15, -0.1) is 0 Å². The summed E-state index contributed by atoms with van der Waals surface area (Å²) in [6, 6.07) is 11.1. The minimum absolute atomic E-state index is 0.265.